The summed E-state index contributed by atoms with van der Waals surface area (Å²) in [4.78, 5) is 22.5. The second-order valence-corrected chi connectivity index (χ2v) is 9.43. The van der Waals surface area contributed by atoms with Gasteiger partial charge in [0, 0.05) is 32.1 Å². The van der Waals surface area contributed by atoms with Crippen LogP contribution in [0.2, 0.25) is 0 Å². The average Bonchev–Trinajstić information content (AvgIpc) is 3.13. The van der Waals surface area contributed by atoms with Crippen LogP contribution in [0.4, 0.5) is 0 Å². The van der Waals surface area contributed by atoms with Crippen molar-refractivity contribution in [2.24, 2.45) is 22.2 Å². The first kappa shape index (κ1) is 24.5. The predicted molar refractivity (Wildman–Crippen MR) is 119 cm³/mol. The summed E-state index contributed by atoms with van der Waals surface area (Å²) in [5, 5.41) is 11.5. The Balaban J connectivity index is 0.00000122. The summed E-state index contributed by atoms with van der Waals surface area (Å²) in [5.41, 5.74) is 4.85. The zero-order valence-electron chi connectivity index (χ0n) is 18.5. The highest BCUT2D eigenvalue weighted by atomic mass is 32.1. The molecule has 0 bridgehead atoms. The van der Waals surface area contributed by atoms with Crippen molar-refractivity contribution in [1.29, 1.82) is 0 Å². The Kier molecular flexibility index (Phi) is 10.0. The molecule has 158 valence electrons. The molecule has 0 spiro atoms. The van der Waals surface area contributed by atoms with Crippen LogP contribution in [-0.2, 0) is 4.79 Å². The van der Waals surface area contributed by atoms with E-state index in [9.17, 15) is 9.90 Å². The molecule has 0 amide bonds. The minimum atomic E-state index is -0.682. The summed E-state index contributed by atoms with van der Waals surface area (Å²) in [6.45, 7) is 15.2. The monoisotopic (exact) mass is 407 g/mol. The third-order valence-corrected chi connectivity index (χ3v) is 5.48. The molecule has 28 heavy (non-hydrogen) atoms. The van der Waals surface area contributed by atoms with Crippen LogP contribution in [0.15, 0.2) is 27.5 Å². The van der Waals surface area contributed by atoms with E-state index in [2.05, 4.69) is 62.5 Å². The number of piperidine rings is 1. The van der Waals surface area contributed by atoms with Gasteiger partial charge in [0.05, 0.1) is 22.8 Å². The van der Waals surface area contributed by atoms with Gasteiger partial charge >= 0.3 is 5.97 Å². The number of carbonyl (C=O) groups is 1. The lowest BCUT2D eigenvalue weighted by Gasteiger charge is -2.42. The molecule has 2 atom stereocenters. The van der Waals surface area contributed by atoms with Gasteiger partial charge in [-0.05, 0) is 30.8 Å². The Morgan fingerprint density at radius 1 is 1.39 bits per heavy atom. The third-order valence-electron chi connectivity index (χ3n) is 4.89. The van der Waals surface area contributed by atoms with Gasteiger partial charge in [0.1, 0.15) is 0 Å². The van der Waals surface area contributed by atoms with E-state index in [4.69, 9.17) is 0 Å². The smallest absolute Gasteiger partial charge is 0.307 e. The van der Waals surface area contributed by atoms with Gasteiger partial charge in [-0.3, -0.25) is 14.7 Å². The zero-order chi connectivity index (χ0) is 21.3. The number of allylic oxidation sites excluding steroid dienone is 1. The Hall–Kier alpha value is -1.53. The van der Waals surface area contributed by atoms with Gasteiger partial charge in [0.15, 0.2) is 0 Å². The van der Waals surface area contributed by atoms with Crippen molar-refractivity contribution in [3.05, 3.63) is 28.2 Å². The number of carboxylic acids is 1. The van der Waals surface area contributed by atoms with Crippen molar-refractivity contribution in [1.82, 2.24) is 9.88 Å². The summed E-state index contributed by atoms with van der Waals surface area (Å²) in [5.74, 6) is -0.588. The van der Waals surface area contributed by atoms with Crippen molar-refractivity contribution < 1.29 is 9.90 Å². The van der Waals surface area contributed by atoms with Gasteiger partial charge in [-0.2, -0.15) is 0 Å². The Morgan fingerprint density at radius 2 is 2.04 bits per heavy atom. The lowest BCUT2D eigenvalue weighted by Crippen LogP contribution is -2.47. The molecular weight excluding hydrogens is 370 g/mol. The molecule has 6 heteroatoms. The third kappa shape index (κ3) is 7.84. The van der Waals surface area contributed by atoms with Crippen LogP contribution in [-0.4, -0.2) is 53.4 Å². The molecule has 1 saturated heterocycles. The minimum Gasteiger partial charge on any atom is -0.481 e. The van der Waals surface area contributed by atoms with Gasteiger partial charge in [0.2, 0.25) is 0 Å². The maximum atomic E-state index is 11.6. The molecule has 1 fully saturated rings. The van der Waals surface area contributed by atoms with Gasteiger partial charge in [-0.15, -0.1) is 11.3 Å². The van der Waals surface area contributed by atoms with E-state index in [-0.39, 0.29) is 11.3 Å². The molecule has 1 aliphatic rings. The average molecular weight is 408 g/mol. The summed E-state index contributed by atoms with van der Waals surface area (Å²) in [6, 6.07) is 0. The minimum absolute atomic E-state index is 0.112. The highest BCUT2D eigenvalue weighted by molar-refractivity contribution is 7.07. The first-order valence-corrected chi connectivity index (χ1v) is 11.0. The Labute approximate surface area is 174 Å². The maximum Gasteiger partial charge on any atom is 0.307 e. The topological polar surface area (TPSA) is 65.8 Å². The van der Waals surface area contributed by atoms with E-state index in [1.165, 1.54) is 12.0 Å². The number of aromatic nitrogens is 1. The maximum absolute atomic E-state index is 11.6. The molecule has 2 rings (SSSR count). The molecule has 2 unspecified atom stereocenters. The second kappa shape index (κ2) is 11.5. The molecule has 5 nitrogen and oxygen atoms in total. The Bertz CT molecular complexity index is 660. The SMILES string of the molecule is CCC.CN=C(/C=C(\C)CN1CC(C(=O)O)CC(C(C)(C)C)C1)c1cscn1. The number of hydrogen-bond acceptors (Lipinski definition) is 5. The van der Waals surface area contributed by atoms with Crippen LogP contribution in [0.1, 0.15) is 60.1 Å². The number of carboxylic acid groups (broad SMARTS) is 1. The van der Waals surface area contributed by atoms with Gasteiger partial charge in [-0.25, -0.2) is 4.98 Å². The van der Waals surface area contributed by atoms with E-state index in [1.807, 2.05) is 5.38 Å². The molecule has 1 aliphatic heterocycles. The summed E-state index contributed by atoms with van der Waals surface area (Å²) in [6.07, 6.45) is 4.07. The predicted octanol–water partition coefficient (Wildman–Crippen LogP) is 4.99. The Morgan fingerprint density at radius 3 is 2.50 bits per heavy atom. The second-order valence-electron chi connectivity index (χ2n) is 8.71. The van der Waals surface area contributed by atoms with Gasteiger partial charge in [-0.1, -0.05) is 46.6 Å². The normalized spacial score (nSPS) is 21.8. The van der Waals surface area contributed by atoms with Gasteiger partial charge in [0.25, 0.3) is 0 Å². The van der Waals surface area contributed by atoms with E-state index >= 15 is 0 Å². The van der Waals surface area contributed by atoms with Crippen molar-refractivity contribution in [3.8, 4) is 0 Å². The number of thiazole rings is 1. The number of aliphatic imine (C=N–C) groups is 1. The fraction of sp³-hybridized carbons (Fsp3) is 0.682. The molecule has 1 aromatic rings. The summed E-state index contributed by atoms with van der Waals surface area (Å²) < 4.78 is 0. The standard InChI is InChI=1S/C19H29N3O2S.C3H8/c1-13(6-16(20-5)17-11-25-12-21-17)8-22-9-14(18(23)24)7-15(10-22)19(2,3)4;1-3-2/h6,11-12,14-15H,7-10H2,1-5H3,(H,23,24);3H2,1-2H3/b13-6+,20-16?;. The zero-order valence-corrected chi connectivity index (χ0v) is 19.3. The van der Waals surface area contributed by atoms with Crippen molar-refractivity contribution in [2.45, 2.75) is 54.4 Å². The summed E-state index contributed by atoms with van der Waals surface area (Å²) in [7, 11) is 1.77. The molecule has 1 aromatic heterocycles. The van der Waals surface area contributed by atoms with E-state index in [0.29, 0.717) is 12.5 Å². The number of likely N-dealkylation sites (tertiary alicyclic amines) is 1. The molecule has 1 N–H and O–H groups in total. The fourth-order valence-electron chi connectivity index (χ4n) is 3.35. The van der Waals surface area contributed by atoms with Crippen molar-refractivity contribution in [3.63, 3.8) is 0 Å². The number of rotatable bonds is 5. The first-order valence-electron chi connectivity index (χ1n) is 10.1. The molecule has 0 radical (unpaired) electrons. The fourth-order valence-corrected chi connectivity index (χ4v) is 3.90. The van der Waals surface area contributed by atoms with Crippen LogP contribution in [0.25, 0.3) is 0 Å². The lowest BCUT2D eigenvalue weighted by molar-refractivity contribution is -0.145. The van der Waals surface area contributed by atoms with Crippen LogP contribution in [0.5, 0.6) is 0 Å². The van der Waals surface area contributed by atoms with E-state index in [0.717, 1.165) is 30.9 Å². The largest absolute Gasteiger partial charge is 0.481 e. The lowest BCUT2D eigenvalue weighted by atomic mass is 9.73. The van der Waals surface area contributed by atoms with Crippen LogP contribution < -0.4 is 0 Å². The van der Waals surface area contributed by atoms with Crippen molar-refractivity contribution in [2.75, 3.05) is 26.7 Å². The van der Waals surface area contributed by atoms with Crippen LogP contribution in [0, 0.1) is 17.3 Å². The number of hydrogen-bond donors (Lipinski definition) is 1. The summed E-state index contributed by atoms with van der Waals surface area (Å²) >= 11 is 1.56. The quantitative estimate of drug-likeness (QED) is 0.698. The van der Waals surface area contributed by atoms with Crippen LogP contribution in [0.3, 0.4) is 0 Å². The molecule has 2 heterocycles. The molecule has 0 aliphatic carbocycles. The van der Waals surface area contributed by atoms with E-state index < -0.39 is 5.97 Å². The van der Waals surface area contributed by atoms with Gasteiger partial charge < -0.3 is 5.11 Å². The first-order chi connectivity index (χ1) is 13.1. The number of aliphatic carboxylic acids is 1. The molecule has 0 aromatic carbocycles. The molecular formula is C22H37N3O2S. The molecule has 0 saturated carbocycles. The highest BCUT2D eigenvalue weighted by Crippen LogP contribution is 2.35. The highest BCUT2D eigenvalue weighted by Gasteiger charge is 2.36. The van der Waals surface area contributed by atoms with Crippen molar-refractivity contribution >= 4 is 23.0 Å². The van der Waals surface area contributed by atoms with E-state index in [1.54, 1.807) is 23.9 Å². The number of nitrogens with zero attached hydrogens (tertiary/aromatic N) is 3. The van der Waals surface area contributed by atoms with Crippen LogP contribution >= 0.6 is 11.3 Å².